The lowest BCUT2D eigenvalue weighted by atomic mass is 10.1. The van der Waals surface area contributed by atoms with Crippen LogP contribution >= 0.6 is 0 Å². The molecule has 5 heteroatoms. The monoisotopic (exact) mass is 402 g/mol. The average molecular weight is 402 g/mol. The highest BCUT2D eigenvalue weighted by molar-refractivity contribution is 5.94. The van der Waals surface area contributed by atoms with Crippen molar-refractivity contribution < 1.29 is 14.3 Å². The van der Waals surface area contributed by atoms with Crippen molar-refractivity contribution in [1.29, 1.82) is 0 Å². The van der Waals surface area contributed by atoms with Gasteiger partial charge in [0.15, 0.2) is 0 Å². The van der Waals surface area contributed by atoms with Gasteiger partial charge < -0.3 is 15.0 Å². The van der Waals surface area contributed by atoms with Crippen molar-refractivity contribution in [2.45, 2.75) is 19.9 Å². The Hall–Kier alpha value is -3.44. The molecule has 0 aliphatic heterocycles. The molecule has 30 heavy (non-hydrogen) atoms. The fourth-order valence-electron chi connectivity index (χ4n) is 3.22. The Kier molecular flexibility index (Phi) is 7.35. The van der Waals surface area contributed by atoms with Crippen molar-refractivity contribution in [1.82, 2.24) is 0 Å². The van der Waals surface area contributed by atoms with E-state index in [0.717, 1.165) is 28.1 Å². The second-order valence-corrected chi connectivity index (χ2v) is 7.16. The number of methoxy groups -OCH3 is 1. The molecule has 154 valence electrons. The number of amides is 2. The standard InChI is InChI=1S/C25H26N2O3/c1-19-7-6-8-21(15-19)17-27(25(29)18-30-2)23-13-11-20(12-14-23)16-24(28)26-22-9-4-3-5-10-22/h3-15H,16-18H2,1-2H3,(H,26,28). The largest absolute Gasteiger partial charge is 0.375 e. The third kappa shape index (κ3) is 6.03. The van der Waals surface area contributed by atoms with Crippen LogP contribution in [0.25, 0.3) is 0 Å². The molecule has 0 fully saturated rings. The zero-order valence-corrected chi connectivity index (χ0v) is 17.3. The van der Waals surface area contributed by atoms with Crippen LogP contribution in [0.2, 0.25) is 0 Å². The van der Waals surface area contributed by atoms with E-state index in [4.69, 9.17) is 4.74 Å². The fraction of sp³-hybridized carbons (Fsp3) is 0.200. The van der Waals surface area contributed by atoms with Gasteiger partial charge in [0.05, 0.1) is 13.0 Å². The van der Waals surface area contributed by atoms with Gasteiger partial charge in [-0.3, -0.25) is 9.59 Å². The number of nitrogens with one attached hydrogen (secondary N) is 1. The third-order valence-electron chi connectivity index (χ3n) is 4.66. The van der Waals surface area contributed by atoms with Gasteiger partial charge in [0.25, 0.3) is 5.91 Å². The SMILES string of the molecule is COCC(=O)N(Cc1cccc(C)c1)c1ccc(CC(=O)Nc2ccccc2)cc1. The molecule has 0 spiro atoms. The van der Waals surface area contributed by atoms with E-state index in [-0.39, 0.29) is 24.8 Å². The first-order chi connectivity index (χ1) is 14.5. The van der Waals surface area contributed by atoms with Gasteiger partial charge in [0.2, 0.25) is 5.91 Å². The number of carbonyl (C=O) groups is 2. The number of nitrogens with zero attached hydrogens (tertiary/aromatic N) is 1. The number of rotatable bonds is 8. The summed E-state index contributed by atoms with van der Waals surface area (Å²) >= 11 is 0. The van der Waals surface area contributed by atoms with Gasteiger partial charge in [0, 0.05) is 18.5 Å². The number of ether oxygens (including phenoxy) is 1. The van der Waals surface area contributed by atoms with Gasteiger partial charge in [0.1, 0.15) is 6.61 Å². The molecule has 0 saturated heterocycles. The van der Waals surface area contributed by atoms with Crippen LogP contribution < -0.4 is 10.2 Å². The van der Waals surface area contributed by atoms with E-state index in [1.54, 1.807) is 4.90 Å². The molecule has 2 amide bonds. The maximum Gasteiger partial charge on any atom is 0.253 e. The van der Waals surface area contributed by atoms with E-state index in [1.807, 2.05) is 79.7 Å². The average Bonchev–Trinajstić information content (AvgIpc) is 2.73. The summed E-state index contributed by atoms with van der Waals surface area (Å²) in [5.74, 6) is -0.199. The summed E-state index contributed by atoms with van der Waals surface area (Å²) in [6.45, 7) is 2.49. The molecule has 0 bridgehead atoms. The molecule has 3 rings (SSSR count). The minimum absolute atomic E-state index is 0.00699. The highest BCUT2D eigenvalue weighted by Gasteiger charge is 2.16. The van der Waals surface area contributed by atoms with Gasteiger partial charge in [-0.2, -0.15) is 0 Å². The third-order valence-corrected chi connectivity index (χ3v) is 4.66. The molecular formula is C25H26N2O3. The van der Waals surface area contributed by atoms with Gasteiger partial charge in [-0.15, -0.1) is 0 Å². The van der Waals surface area contributed by atoms with E-state index in [1.165, 1.54) is 7.11 Å². The van der Waals surface area contributed by atoms with Gasteiger partial charge in [-0.25, -0.2) is 0 Å². The second-order valence-electron chi connectivity index (χ2n) is 7.16. The molecule has 0 atom stereocenters. The molecule has 1 N–H and O–H groups in total. The number of carbonyl (C=O) groups excluding carboxylic acids is 2. The highest BCUT2D eigenvalue weighted by atomic mass is 16.5. The molecule has 0 aliphatic rings. The molecule has 0 aromatic heterocycles. The van der Waals surface area contributed by atoms with Crippen LogP contribution in [0, 0.1) is 6.92 Å². The van der Waals surface area contributed by atoms with Crippen LogP contribution in [0.15, 0.2) is 78.9 Å². The van der Waals surface area contributed by atoms with Crippen molar-refractivity contribution in [3.63, 3.8) is 0 Å². The first kappa shape index (κ1) is 21.3. The summed E-state index contributed by atoms with van der Waals surface area (Å²) in [7, 11) is 1.51. The van der Waals surface area contributed by atoms with Crippen LogP contribution in [-0.4, -0.2) is 25.5 Å². The fourth-order valence-corrected chi connectivity index (χ4v) is 3.22. The maximum absolute atomic E-state index is 12.6. The van der Waals surface area contributed by atoms with Crippen LogP contribution in [0.4, 0.5) is 11.4 Å². The first-order valence-corrected chi connectivity index (χ1v) is 9.84. The molecule has 0 heterocycles. The smallest absolute Gasteiger partial charge is 0.253 e. The Morgan fingerprint density at radius 1 is 0.900 bits per heavy atom. The van der Waals surface area contributed by atoms with Crippen LogP contribution in [0.5, 0.6) is 0 Å². The van der Waals surface area contributed by atoms with E-state index in [0.29, 0.717) is 6.54 Å². The zero-order valence-electron chi connectivity index (χ0n) is 17.3. The van der Waals surface area contributed by atoms with Crippen LogP contribution in [-0.2, 0) is 27.3 Å². The predicted molar refractivity (Wildman–Crippen MR) is 119 cm³/mol. The summed E-state index contributed by atoms with van der Waals surface area (Å²) < 4.78 is 5.06. The zero-order chi connectivity index (χ0) is 21.3. The number of anilines is 2. The van der Waals surface area contributed by atoms with E-state index in [2.05, 4.69) is 11.4 Å². The van der Waals surface area contributed by atoms with E-state index < -0.39 is 0 Å². The maximum atomic E-state index is 12.6. The normalized spacial score (nSPS) is 10.5. The lowest BCUT2D eigenvalue weighted by Gasteiger charge is -2.23. The molecule has 0 aliphatic carbocycles. The van der Waals surface area contributed by atoms with Gasteiger partial charge >= 0.3 is 0 Å². The van der Waals surface area contributed by atoms with Crippen molar-refractivity contribution in [2.24, 2.45) is 0 Å². The molecule has 5 nitrogen and oxygen atoms in total. The van der Waals surface area contributed by atoms with Gasteiger partial charge in [-0.1, -0.05) is 60.2 Å². The first-order valence-electron chi connectivity index (χ1n) is 9.84. The number of para-hydroxylation sites is 1. The van der Waals surface area contributed by atoms with Crippen LogP contribution in [0.3, 0.4) is 0 Å². The van der Waals surface area contributed by atoms with Crippen LogP contribution in [0.1, 0.15) is 16.7 Å². The molecule has 0 saturated carbocycles. The number of hydrogen-bond acceptors (Lipinski definition) is 3. The van der Waals surface area contributed by atoms with Gasteiger partial charge in [-0.05, 0) is 42.3 Å². The number of benzene rings is 3. The Labute approximate surface area is 177 Å². The summed E-state index contributed by atoms with van der Waals surface area (Å²) in [6, 6.07) is 24.9. The Bertz CT molecular complexity index is 985. The highest BCUT2D eigenvalue weighted by Crippen LogP contribution is 2.20. The molecule has 0 radical (unpaired) electrons. The molecule has 0 unspecified atom stereocenters. The second kappa shape index (κ2) is 10.4. The lowest BCUT2D eigenvalue weighted by Crippen LogP contribution is -2.33. The van der Waals surface area contributed by atoms with Crippen molar-refractivity contribution in [3.8, 4) is 0 Å². The number of hydrogen-bond donors (Lipinski definition) is 1. The Morgan fingerprint density at radius 2 is 1.63 bits per heavy atom. The minimum atomic E-state index is -0.117. The summed E-state index contributed by atoms with van der Waals surface area (Å²) in [5.41, 5.74) is 4.61. The van der Waals surface area contributed by atoms with Crippen molar-refractivity contribution in [3.05, 3.63) is 95.6 Å². The van der Waals surface area contributed by atoms with E-state index in [9.17, 15) is 9.59 Å². The molecule has 3 aromatic rings. The number of aryl methyl sites for hydroxylation is 1. The quantitative estimate of drug-likeness (QED) is 0.609. The minimum Gasteiger partial charge on any atom is -0.375 e. The van der Waals surface area contributed by atoms with Crippen molar-refractivity contribution >= 4 is 23.2 Å². The molecule has 3 aromatic carbocycles. The summed E-state index contributed by atoms with van der Waals surface area (Å²) in [6.07, 6.45) is 0.263. The molecular weight excluding hydrogens is 376 g/mol. The summed E-state index contributed by atoms with van der Waals surface area (Å²) in [5, 5.41) is 2.88. The van der Waals surface area contributed by atoms with E-state index >= 15 is 0 Å². The summed E-state index contributed by atoms with van der Waals surface area (Å²) in [4.78, 5) is 26.6. The topological polar surface area (TPSA) is 58.6 Å². The van der Waals surface area contributed by atoms with Crippen molar-refractivity contribution in [2.75, 3.05) is 23.9 Å². The predicted octanol–water partition coefficient (Wildman–Crippen LogP) is 4.36. The Morgan fingerprint density at radius 3 is 2.30 bits per heavy atom. The Balaban J connectivity index is 1.71. The lowest BCUT2D eigenvalue weighted by molar-refractivity contribution is -0.122.